The Bertz CT molecular complexity index is 187. The molecule has 68 valence electrons. The molecule has 0 aliphatic heterocycles. The molecule has 0 spiro atoms. The van der Waals surface area contributed by atoms with Crippen LogP contribution in [0.5, 0.6) is 0 Å². The molecule has 0 aromatic carbocycles. The van der Waals surface area contributed by atoms with Crippen LogP contribution in [0.4, 0.5) is 0 Å². The third-order valence-corrected chi connectivity index (χ3v) is 1.50. The van der Waals surface area contributed by atoms with E-state index in [1.165, 1.54) is 5.57 Å². The van der Waals surface area contributed by atoms with E-state index in [0.717, 1.165) is 6.42 Å². The quantitative estimate of drug-likeness (QED) is 0.551. The molecule has 0 saturated carbocycles. The molecule has 0 unspecified atom stereocenters. The van der Waals surface area contributed by atoms with Crippen LogP contribution in [0, 0.1) is 5.41 Å². The summed E-state index contributed by atoms with van der Waals surface area (Å²) in [6.07, 6.45) is 9.24. The Balaban J connectivity index is 4.28. The average Bonchev–Trinajstić information content (AvgIpc) is 1.95. The van der Waals surface area contributed by atoms with Gasteiger partial charge in [-0.3, -0.25) is 0 Å². The van der Waals surface area contributed by atoms with Gasteiger partial charge in [-0.15, -0.1) is 0 Å². The van der Waals surface area contributed by atoms with Gasteiger partial charge in [0, 0.05) is 0 Å². The van der Waals surface area contributed by atoms with Crippen molar-refractivity contribution < 1.29 is 0 Å². The second-order valence-electron chi connectivity index (χ2n) is 4.21. The van der Waals surface area contributed by atoms with E-state index in [1.54, 1.807) is 0 Å². The van der Waals surface area contributed by atoms with Crippen molar-refractivity contribution in [3.8, 4) is 0 Å². The number of rotatable bonds is 3. The molecule has 0 aromatic heterocycles. The first-order valence-electron chi connectivity index (χ1n) is 4.44. The highest BCUT2D eigenvalue weighted by molar-refractivity contribution is 5.22. The predicted molar refractivity (Wildman–Crippen MR) is 57.2 cm³/mol. The summed E-state index contributed by atoms with van der Waals surface area (Å²) in [5, 5.41) is 0. The van der Waals surface area contributed by atoms with Crippen molar-refractivity contribution in [2.24, 2.45) is 5.41 Å². The van der Waals surface area contributed by atoms with Gasteiger partial charge in [0.1, 0.15) is 0 Å². The molecule has 0 heteroatoms. The van der Waals surface area contributed by atoms with E-state index >= 15 is 0 Å². The Labute approximate surface area is 76.7 Å². The summed E-state index contributed by atoms with van der Waals surface area (Å²) in [7, 11) is 0. The summed E-state index contributed by atoms with van der Waals surface area (Å²) in [5.41, 5.74) is 1.65. The van der Waals surface area contributed by atoms with Gasteiger partial charge in [0.2, 0.25) is 0 Å². The van der Waals surface area contributed by atoms with Gasteiger partial charge in [0.15, 0.2) is 0 Å². The lowest BCUT2D eigenvalue weighted by Crippen LogP contribution is -2.05. The maximum atomic E-state index is 3.80. The maximum absolute atomic E-state index is 3.80. The highest BCUT2D eigenvalue weighted by Gasteiger charge is 2.10. The normalized spacial score (nSPS) is 13.8. The number of allylic oxidation sites excluding steroid dienone is 5. The minimum atomic E-state index is 0.349. The fourth-order valence-corrected chi connectivity index (χ4v) is 1.03. The van der Waals surface area contributed by atoms with Crippen molar-refractivity contribution in [3.63, 3.8) is 0 Å². The van der Waals surface area contributed by atoms with E-state index in [4.69, 9.17) is 0 Å². The van der Waals surface area contributed by atoms with Crippen molar-refractivity contribution >= 4 is 0 Å². The van der Waals surface area contributed by atoms with Crippen molar-refractivity contribution in [1.82, 2.24) is 0 Å². The van der Waals surface area contributed by atoms with Crippen LogP contribution in [0.2, 0.25) is 0 Å². The zero-order valence-corrected chi connectivity index (χ0v) is 8.72. The SMILES string of the molecule is C=CC(=CC=CC)CC(C)(C)C. The van der Waals surface area contributed by atoms with E-state index in [9.17, 15) is 0 Å². The van der Waals surface area contributed by atoms with Gasteiger partial charge in [-0.1, -0.05) is 51.7 Å². The number of hydrogen-bond acceptors (Lipinski definition) is 0. The molecule has 0 atom stereocenters. The zero-order chi connectivity index (χ0) is 9.61. The average molecular weight is 164 g/mol. The van der Waals surface area contributed by atoms with Gasteiger partial charge in [0.05, 0.1) is 0 Å². The van der Waals surface area contributed by atoms with E-state index in [2.05, 4.69) is 39.5 Å². The van der Waals surface area contributed by atoms with Gasteiger partial charge in [-0.2, -0.15) is 0 Å². The lowest BCUT2D eigenvalue weighted by Gasteiger charge is -2.18. The molecule has 12 heavy (non-hydrogen) atoms. The largest absolute Gasteiger partial charge is 0.0988 e. The van der Waals surface area contributed by atoms with Gasteiger partial charge in [0.25, 0.3) is 0 Å². The second-order valence-corrected chi connectivity index (χ2v) is 4.21. The summed E-state index contributed by atoms with van der Waals surface area (Å²) in [5.74, 6) is 0. The van der Waals surface area contributed by atoms with Crippen LogP contribution in [-0.2, 0) is 0 Å². The first-order valence-corrected chi connectivity index (χ1v) is 4.44. The van der Waals surface area contributed by atoms with Crippen molar-refractivity contribution in [1.29, 1.82) is 0 Å². The lowest BCUT2D eigenvalue weighted by atomic mass is 9.88. The molecule has 0 fully saturated rings. The molecule has 0 aliphatic rings. The highest BCUT2D eigenvalue weighted by atomic mass is 14.2. The van der Waals surface area contributed by atoms with Gasteiger partial charge >= 0.3 is 0 Å². The van der Waals surface area contributed by atoms with Crippen LogP contribution >= 0.6 is 0 Å². The monoisotopic (exact) mass is 164 g/mol. The molecule has 0 rings (SSSR count). The molecule has 0 nitrogen and oxygen atoms in total. The predicted octanol–water partition coefficient (Wildman–Crippen LogP) is 4.11. The molecular formula is C12H20. The van der Waals surface area contributed by atoms with Crippen LogP contribution in [0.1, 0.15) is 34.1 Å². The van der Waals surface area contributed by atoms with Gasteiger partial charge < -0.3 is 0 Å². The molecule has 0 aliphatic carbocycles. The van der Waals surface area contributed by atoms with Crippen LogP contribution in [0.3, 0.4) is 0 Å². The molecule has 0 saturated heterocycles. The first kappa shape index (κ1) is 11.2. The molecule has 0 amide bonds. The van der Waals surface area contributed by atoms with Crippen molar-refractivity contribution in [2.45, 2.75) is 34.1 Å². The topological polar surface area (TPSA) is 0 Å². The van der Waals surface area contributed by atoms with E-state index < -0.39 is 0 Å². The van der Waals surface area contributed by atoms with Crippen LogP contribution in [0.15, 0.2) is 36.5 Å². The van der Waals surface area contributed by atoms with Crippen molar-refractivity contribution in [2.75, 3.05) is 0 Å². The molecule has 0 radical (unpaired) electrons. The Morgan fingerprint density at radius 2 is 1.92 bits per heavy atom. The summed E-state index contributed by atoms with van der Waals surface area (Å²) in [6, 6.07) is 0. The fraction of sp³-hybridized carbons (Fsp3) is 0.500. The zero-order valence-electron chi connectivity index (χ0n) is 8.72. The molecule has 0 N–H and O–H groups in total. The standard InChI is InChI=1S/C12H20/c1-6-8-9-11(7-2)10-12(3,4)5/h6-9H,2,10H2,1,3-5H3. The number of hydrogen-bond donors (Lipinski definition) is 0. The molecular weight excluding hydrogens is 144 g/mol. The first-order chi connectivity index (χ1) is 5.49. The Morgan fingerprint density at radius 3 is 2.25 bits per heavy atom. The molecule has 0 heterocycles. The summed E-state index contributed by atoms with van der Waals surface area (Å²) >= 11 is 0. The van der Waals surface area contributed by atoms with Crippen molar-refractivity contribution in [3.05, 3.63) is 36.5 Å². The Hall–Kier alpha value is -0.780. The van der Waals surface area contributed by atoms with Crippen LogP contribution < -0.4 is 0 Å². The van der Waals surface area contributed by atoms with E-state index in [0.29, 0.717) is 5.41 Å². The van der Waals surface area contributed by atoms with Gasteiger partial charge in [-0.05, 0) is 24.3 Å². The second kappa shape index (κ2) is 4.97. The molecule has 0 bridgehead atoms. The van der Waals surface area contributed by atoms with E-state index in [1.807, 2.05) is 19.1 Å². The maximum Gasteiger partial charge on any atom is -0.0230 e. The Kier molecular flexibility index (Phi) is 4.65. The summed E-state index contributed by atoms with van der Waals surface area (Å²) < 4.78 is 0. The smallest absolute Gasteiger partial charge is 0.0230 e. The summed E-state index contributed by atoms with van der Waals surface area (Å²) in [4.78, 5) is 0. The lowest BCUT2D eigenvalue weighted by molar-refractivity contribution is 0.413. The minimum Gasteiger partial charge on any atom is -0.0988 e. The minimum absolute atomic E-state index is 0.349. The third-order valence-electron chi connectivity index (χ3n) is 1.50. The van der Waals surface area contributed by atoms with Crippen LogP contribution in [-0.4, -0.2) is 0 Å². The van der Waals surface area contributed by atoms with Crippen LogP contribution in [0.25, 0.3) is 0 Å². The summed E-state index contributed by atoms with van der Waals surface area (Å²) in [6.45, 7) is 12.5. The van der Waals surface area contributed by atoms with E-state index in [-0.39, 0.29) is 0 Å². The fourth-order valence-electron chi connectivity index (χ4n) is 1.03. The Morgan fingerprint density at radius 1 is 1.33 bits per heavy atom. The highest BCUT2D eigenvalue weighted by Crippen LogP contribution is 2.24. The van der Waals surface area contributed by atoms with Gasteiger partial charge in [-0.25, -0.2) is 0 Å². The molecule has 0 aromatic rings. The third kappa shape index (κ3) is 5.96.